The number of carbonyl (C=O) groups excluding carboxylic acids is 2. The Labute approximate surface area is 204 Å². The zero-order valence-corrected chi connectivity index (χ0v) is 20.6. The fourth-order valence-corrected chi connectivity index (χ4v) is 4.62. The average Bonchev–Trinajstić information content (AvgIpc) is 3.11. The first-order valence-electron chi connectivity index (χ1n) is 11.7. The molecule has 0 saturated carbocycles. The molecule has 8 nitrogen and oxygen atoms in total. The lowest BCUT2D eigenvalue weighted by Gasteiger charge is -2.35. The zero-order chi connectivity index (χ0) is 25.1. The van der Waals surface area contributed by atoms with E-state index in [1.807, 2.05) is 40.5 Å². The number of aryl methyl sites for hydroxylation is 1. The molecule has 0 aliphatic carbocycles. The Morgan fingerprint density at radius 2 is 1.80 bits per heavy atom. The summed E-state index contributed by atoms with van der Waals surface area (Å²) in [6.45, 7) is 6.52. The van der Waals surface area contributed by atoms with Gasteiger partial charge < -0.3 is 24.3 Å². The molecule has 2 heterocycles. The number of benzene rings is 2. The summed E-state index contributed by atoms with van der Waals surface area (Å²) in [5.74, 6) is -0.434. The number of anilines is 2. The number of carbonyl (C=O) groups is 2. The Hall–Kier alpha value is -3.59. The van der Waals surface area contributed by atoms with E-state index in [0.29, 0.717) is 54.3 Å². The van der Waals surface area contributed by atoms with E-state index in [-0.39, 0.29) is 24.9 Å². The number of aromatic nitrogens is 1. The lowest BCUT2D eigenvalue weighted by Crippen LogP contribution is -2.48. The average molecular weight is 483 g/mol. The molecule has 35 heavy (non-hydrogen) atoms. The second-order valence-corrected chi connectivity index (χ2v) is 8.54. The molecule has 3 aromatic rings. The second-order valence-electron chi connectivity index (χ2n) is 8.54. The topological polar surface area (TPSA) is 76.0 Å². The highest BCUT2D eigenvalue weighted by Gasteiger charge is 2.26. The minimum atomic E-state index is -0.441. The van der Waals surface area contributed by atoms with E-state index in [2.05, 4.69) is 5.32 Å². The highest BCUT2D eigenvalue weighted by atomic mass is 19.1. The van der Waals surface area contributed by atoms with Gasteiger partial charge in [0.1, 0.15) is 11.6 Å². The molecular formula is C26H31FN4O4. The van der Waals surface area contributed by atoms with Gasteiger partial charge in [0.2, 0.25) is 5.91 Å². The molecule has 1 amide bonds. The molecule has 1 fully saturated rings. The van der Waals surface area contributed by atoms with Gasteiger partial charge in [-0.25, -0.2) is 9.18 Å². The molecule has 0 atom stereocenters. The van der Waals surface area contributed by atoms with Crippen LogP contribution in [0, 0.1) is 12.7 Å². The molecule has 1 aliphatic rings. The quantitative estimate of drug-likeness (QED) is 0.519. The van der Waals surface area contributed by atoms with Crippen molar-refractivity contribution in [2.75, 3.05) is 56.7 Å². The number of piperazine rings is 1. The minimum Gasteiger partial charge on any atom is -0.495 e. The van der Waals surface area contributed by atoms with Crippen molar-refractivity contribution in [1.82, 2.24) is 9.47 Å². The van der Waals surface area contributed by atoms with Gasteiger partial charge in [-0.1, -0.05) is 12.1 Å². The van der Waals surface area contributed by atoms with Gasteiger partial charge in [0.15, 0.2) is 0 Å². The van der Waals surface area contributed by atoms with Crippen molar-refractivity contribution in [2.45, 2.75) is 13.8 Å². The lowest BCUT2D eigenvalue weighted by molar-refractivity contribution is -0.117. The third-order valence-electron chi connectivity index (χ3n) is 6.52. The van der Waals surface area contributed by atoms with Crippen molar-refractivity contribution in [1.29, 1.82) is 0 Å². The van der Waals surface area contributed by atoms with Crippen LogP contribution in [-0.4, -0.2) is 67.8 Å². The van der Waals surface area contributed by atoms with Crippen LogP contribution in [0.2, 0.25) is 0 Å². The number of halogens is 1. The maximum absolute atomic E-state index is 14.1. The molecule has 0 bridgehead atoms. The van der Waals surface area contributed by atoms with Crippen LogP contribution < -0.4 is 15.0 Å². The SMILES string of the molecule is CCOC(=O)c1c(C)n(C)c2ccc(OC)c(NC(=O)CN3CCN(c4ccccc4F)CC3)c12. The van der Waals surface area contributed by atoms with Crippen LogP contribution in [0.3, 0.4) is 0 Å². The largest absolute Gasteiger partial charge is 0.495 e. The van der Waals surface area contributed by atoms with Crippen molar-refractivity contribution in [3.63, 3.8) is 0 Å². The normalized spacial score (nSPS) is 14.3. The van der Waals surface area contributed by atoms with Crippen LogP contribution in [0.15, 0.2) is 36.4 Å². The molecule has 186 valence electrons. The van der Waals surface area contributed by atoms with Crippen LogP contribution in [-0.2, 0) is 16.6 Å². The maximum atomic E-state index is 14.1. The molecule has 1 saturated heterocycles. The van der Waals surface area contributed by atoms with Crippen molar-refractivity contribution >= 4 is 34.2 Å². The number of esters is 1. The smallest absolute Gasteiger partial charge is 0.340 e. The summed E-state index contributed by atoms with van der Waals surface area (Å²) in [6.07, 6.45) is 0. The van der Waals surface area contributed by atoms with E-state index < -0.39 is 5.97 Å². The number of methoxy groups -OCH3 is 1. The number of nitrogens with one attached hydrogen (secondary N) is 1. The van der Waals surface area contributed by atoms with E-state index in [9.17, 15) is 14.0 Å². The number of fused-ring (bicyclic) bond motifs is 1. The number of ether oxygens (including phenoxy) is 2. The van der Waals surface area contributed by atoms with Crippen LogP contribution in [0.25, 0.3) is 10.9 Å². The van der Waals surface area contributed by atoms with Crippen LogP contribution >= 0.6 is 0 Å². The van der Waals surface area contributed by atoms with Crippen LogP contribution in [0.1, 0.15) is 23.0 Å². The van der Waals surface area contributed by atoms with Crippen molar-refractivity contribution in [3.8, 4) is 5.75 Å². The van der Waals surface area contributed by atoms with Gasteiger partial charge in [-0.2, -0.15) is 0 Å². The predicted molar refractivity (Wildman–Crippen MR) is 134 cm³/mol. The second kappa shape index (κ2) is 10.4. The maximum Gasteiger partial charge on any atom is 0.340 e. The van der Waals surface area contributed by atoms with E-state index in [1.165, 1.54) is 13.2 Å². The van der Waals surface area contributed by atoms with E-state index in [4.69, 9.17) is 9.47 Å². The molecule has 1 aromatic heterocycles. The van der Waals surface area contributed by atoms with Gasteiger partial charge in [0.05, 0.1) is 42.7 Å². The molecular weight excluding hydrogens is 451 g/mol. The summed E-state index contributed by atoms with van der Waals surface area (Å²) in [5, 5.41) is 3.58. The minimum absolute atomic E-state index is 0.172. The lowest BCUT2D eigenvalue weighted by atomic mass is 10.1. The monoisotopic (exact) mass is 482 g/mol. The van der Waals surface area contributed by atoms with Crippen molar-refractivity contribution in [3.05, 3.63) is 53.5 Å². The number of hydrogen-bond donors (Lipinski definition) is 1. The number of hydrogen-bond acceptors (Lipinski definition) is 6. The van der Waals surface area contributed by atoms with E-state index >= 15 is 0 Å². The van der Waals surface area contributed by atoms with Crippen LogP contribution in [0.5, 0.6) is 5.75 Å². The fraction of sp³-hybridized carbons (Fsp3) is 0.385. The Bertz CT molecular complexity index is 1250. The summed E-state index contributed by atoms with van der Waals surface area (Å²) in [7, 11) is 3.39. The van der Waals surface area contributed by atoms with Gasteiger partial charge in [-0.15, -0.1) is 0 Å². The first-order valence-corrected chi connectivity index (χ1v) is 11.7. The summed E-state index contributed by atoms with van der Waals surface area (Å²) >= 11 is 0. The van der Waals surface area contributed by atoms with Gasteiger partial charge in [0, 0.05) is 44.3 Å². The number of nitrogens with zero attached hydrogens (tertiary/aromatic N) is 3. The van der Waals surface area contributed by atoms with Gasteiger partial charge >= 0.3 is 5.97 Å². The van der Waals surface area contributed by atoms with Gasteiger partial charge in [-0.05, 0) is 38.1 Å². The van der Waals surface area contributed by atoms with E-state index in [0.717, 1.165) is 11.2 Å². The molecule has 1 aliphatic heterocycles. The first kappa shape index (κ1) is 24.5. The summed E-state index contributed by atoms with van der Waals surface area (Å²) in [6, 6.07) is 10.4. The standard InChI is InChI=1S/C26H31FN4O4/c1-5-35-26(33)23-17(2)29(3)20-10-11-21(34-4)25(24(20)23)28-22(32)16-30-12-14-31(15-13-30)19-9-7-6-8-18(19)27/h6-11H,5,12-16H2,1-4H3,(H,28,32). The molecule has 4 rings (SSSR count). The Balaban J connectivity index is 1.53. The third kappa shape index (κ3) is 4.81. The number of rotatable bonds is 7. The number of para-hydroxylation sites is 1. The van der Waals surface area contributed by atoms with Crippen molar-refractivity contribution in [2.24, 2.45) is 7.05 Å². The highest BCUT2D eigenvalue weighted by molar-refractivity contribution is 6.14. The molecule has 0 radical (unpaired) electrons. The van der Waals surface area contributed by atoms with Crippen LogP contribution in [0.4, 0.5) is 15.8 Å². The van der Waals surface area contributed by atoms with Gasteiger partial charge in [0.25, 0.3) is 0 Å². The summed E-state index contributed by atoms with van der Waals surface area (Å²) in [5.41, 5.74) is 2.98. The summed E-state index contributed by atoms with van der Waals surface area (Å²) < 4.78 is 26.9. The first-order chi connectivity index (χ1) is 16.8. The molecule has 0 spiro atoms. The van der Waals surface area contributed by atoms with Gasteiger partial charge in [-0.3, -0.25) is 9.69 Å². The Kier molecular flexibility index (Phi) is 7.25. The van der Waals surface area contributed by atoms with Crippen molar-refractivity contribution < 1.29 is 23.5 Å². The Morgan fingerprint density at radius 3 is 2.46 bits per heavy atom. The highest BCUT2D eigenvalue weighted by Crippen LogP contribution is 2.38. The molecule has 0 unspecified atom stereocenters. The third-order valence-corrected chi connectivity index (χ3v) is 6.52. The summed E-state index contributed by atoms with van der Waals surface area (Å²) in [4.78, 5) is 29.9. The predicted octanol–water partition coefficient (Wildman–Crippen LogP) is 3.57. The molecule has 1 N–H and O–H groups in total. The number of amides is 1. The fourth-order valence-electron chi connectivity index (χ4n) is 4.62. The Morgan fingerprint density at radius 1 is 1.09 bits per heavy atom. The molecule has 2 aromatic carbocycles. The molecule has 9 heteroatoms. The van der Waals surface area contributed by atoms with E-state index in [1.54, 1.807) is 25.1 Å². The zero-order valence-electron chi connectivity index (χ0n) is 20.6.